The fraction of sp³-hybridized carbons (Fsp3) is 0.429. The van der Waals surface area contributed by atoms with E-state index in [2.05, 4.69) is 63.5 Å². The van der Waals surface area contributed by atoms with E-state index in [0.717, 1.165) is 50.1 Å². The molecule has 1 aromatic heterocycles. The Morgan fingerprint density at radius 2 is 1.75 bits per heavy atom. The number of pyridine rings is 1. The average Bonchev–Trinajstić information content (AvgIpc) is 2.69. The SMILES string of the molecule is CN1CCN(c2ccc(CN=C(NCc3ccccc3)N(C)C)cn2)CC1.I. The lowest BCUT2D eigenvalue weighted by atomic mass is 10.2. The van der Waals surface area contributed by atoms with Crippen LogP contribution >= 0.6 is 24.0 Å². The normalized spacial score (nSPS) is 15.1. The van der Waals surface area contributed by atoms with Crippen molar-refractivity contribution in [3.63, 3.8) is 0 Å². The van der Waals surface area contributed by atoms with Gasteiger partial charge in [-0.25, -0.2) is 9.98 Å². The van der Waals surface area contributed by atoms with Crippen molar-refractivity contribution in [3.8, 4) is 0 Å². The lowest BCUT2D eigenvalue weighted by molar-refractivity contribution is 0.312. The summed E-state index contributed by atoms with van der Waals surface area (Å²) in [6.45, 7) is 5.63. The number of piperazine rings is 1. The Bertz CT molecular complexity index is 724. The number of likely N-dealkylation sites (N-methyl/N-ethyl adjacent to an activating group) is 1. The largest absolute Gasteiger partial charge is 0.354 e. The monoisotopic (exact) mass is 494 g/mol. The molecule has 6 nitrogen and oxygen atoms in total. The van der Waals surface area contributed by atoms with E-state index in [1.807, 2.05) is 31.3 Å². The van der Waals surface area contributed by atoms with Crippen LogP contribution in [0.5, 0.6) is 0 Å². The van der Waals surface area contributed by atoms with Crippen LogP contribution in [0, 0.1) is 0 Å². The molecule has 1 fully saturated rings. The summed E-state index contributed by atoms with van der Waals surface area (Å²) < 4.78 is 0. The molecule has 1 aliphatic heterocycles. The van der Waals surface area contributed by atoms with Crippen LogP contribution < -0.4 is 10.2 Å². The van der Waals surface area contributed by atoms with Crippen molar-refractivity contribution < 1.29 is 0 Å². The molecule has 0 spiro atoms. The van der Waals surface area contributed by atoms with E-state index in [0.29, 0.717) is 6.54 Å². The Balaban J connectivity index is 0.00000280. The fourth-order valence-corrected chi connectivity index (χ4v) is 3.03. The van der Waals surface area contributed by atoms with Crippen LogP contribution in [-0.4, -0.2) is 68.1 Å². The van der Waals surface area contributed by atoms with Crippen molar-refractivity contribution in [2.75, 3.05) is 52.2 Å². The number of guanidine groups is 1. The quantitative estimate of drug-likeness (QED) is 0.394. The van der Waals surface area contributed by atoms with Gasteiger partial charge in [-0.2, -0.15) is 0 Å². The zero-order valence-corrected chi connectivity index (χ0v) is 19.3. The number of aliphatic imine (C=N–C) groups is 1. The zero-order valence-electron chi connectivity index (χ0n) is 17.0. The Morgan fingerprint density at radius 1 is 1.04 bits per heavy atom. The van der Waals surface area contributed by atoms with Gasteiger partial charge in [-0.05, 0) is 24.2 Å². The number of nitrogens with one attached hydrogen (secondary N) is 1. The number of aromatic nitrogens is 1. The van der Waals surface area contributed by atoms with Gasteiger partial charge in [0.15, 0.2) is 5.96 Å². The number of nitrogens with zero attached hydrogens (tertiary/aromatic N) is 5. The molecule has 152 valence electrons. The molecule has 2 aromatic rings. The van der Waals surface area contributed by atoms with Gasteiger partial charge in [0.1, 0.15) is 5.82 Å². The minimum atomic E-state index is 0. The molecule has 0 unspecified atom stereocenters. The maximum absolute atomic E-state index is 4.73. The second-order valence-electron chi connectivity index (χ2n) is 7.19. The van der Waals surface area contributed by atoms with Gasteiger partial charge >= 0.3 is 0 Å². The Hall–Kier alpha value is -1.87. The fourth-order valence-electron chi connectivity index (χ4n) is 3.03. The number of benzene rings is 1. The first-order valence-corrected chi connectivity index (χ1v) is 9.50. The second kappa shape index (κ2) is 11.2. The molecule has 1 N–H and O–H groups in total. The summed E-state index contributed by atoms with van der Waals surface area (Å²) in [5.74, 6) is 1.94. The van der Waals surface area contributed by atoms with Crippen LogP contribution in [0.4, 0.5) is 5.82 Å². The second-order valence-corrected chi connectivity index (χ2v) is 7.19. The maximum Gasteiger partial charge on any atom is 0.194 e. The van der Waals surface area contributed by atoms with Crippen molar-refractivity contribution in [2.24, 2.45) is 4.99 Å². The number of rotatable bonds is 5. The van der Waals surface area contributed by atoms with Gasteiger partial charge in [-0.1, -0.05) is 36.4 Å². The van der Waals surface area contributed by atoms with Crippen molar-refractivity contribution in [3.05, 3.63) is 59.8 Å². The summed E-state index contributed by atoms with van der Waals surface area (Å²) >= 11 is 0. The highest BCUT2D eigenvalue weighted by Gasteiger charge is 2.14. The topological polar surface area (TPSA) is 47.0 Å². The highest BCUT2D eigenvalue weighted by Crippen LogP contribution is 2.14. The molecule has 3 rings (SSSR count). The average molecular weight is 494 g/mol. The van der Waals surface area contributed by atoms with Gasteiger partial charge < -0.3 is 20.0 Å². The lowest BCUT2D eigenvalue weighted by Gasteiger charge is -2.33. The molecule has 0 aliphatic carbocycles. The van der Waals surface area contributed by atoms with E-state index in [9.17, 15) is 0 Å². The zero-order chi connectivity index (χ0) is 19.1. The smallest absolute Gasteiger partial charge is 0.194 e. The predicted octanol–water partition coefficient (Wildman–Crippen LogP) is 2.66. The van der Waals surface area contributed by atoms with Crippen molar-refractivity contribution >= 4 is 35.8 Å². The maximum atomic E-state index is 4.73. The first kappa shape index (κ1) is 22.4. The van der Waals surface area contributed by atoms with E-state index in [-0.39, 0.29) is 24.0 Å². The summed E-state index contributed by atoms with van der Waals surface area (Å²) in [7, 11) is 6.18. The summed E-state index contributed by atoms with van der Waals surface area (Å²) in [4.78, 5) is 16.1. The van der Waals surface area contributed by atoms with Crippen LogP contribution in [0.1, 0.15) is 11.1 Å². The third kappa shape index (κ3) is 6.63. The van der Waals surface area contributed by atoms with Crippen LogP contribution in [0.2, 0.25) is 0 Å². The minimum Gasteiger partial charge on any atom is -0.354 e. The van der Waals surface area contributed by atoms with E-state index >= 15 is 0 Å². The molecule has 0 radical (unpaired) electrons. The minimum absolute atomic E-state index is 0. The summed E-state index contributed by atoms with van der Waals surface area (Å²) in [5.41, 5.74) is 2.36. The molecule has 7 heteroatoms. The summed E-state index contributed by atoms with van der Waals surface area (Å²) in [5, 5.41) is 3.42. The molecule has 0 amide bonds. The van der Waals surface area contributed by atoms with E-state index < -0.39 is 0 Å². The van der Waals surface area contributed by atoms with E-state index in [4.69, 9.17) is 4.99 Å². The van der Waals surface area contributed by atoms with E-state index in [1.54, 1.807) is 0 Å². The number of halogens is 1. The number of hydrogen-bond acceptors (Lipinski definition) is 4. The van der Waals surface area contributed by atoms with Gasteiger partial charge in [-0.15, -0.1) is 24.0 Å². The molecule has 1 saturated heterocycles. The Kier molecular flexibility index (Phi) is 8.98. The van der Waals surface area contributed by atoms with Crippen LogP contribution in [0.25, 0.3) is 0 Å². The van der Waals surface area contributed by atoms with Gasteiger partial charge in [0, 0.05) is 53.0 Å². The first-order chi connectivity index (χ1) is 13.1. The molecular weight excluding hydrogens is 463 g/mol. The van der Waals surface area contributed by atoms with Crippen molar-refractivity contribution in [1.82, 2.24) is 20.1 Å². The highest BCUT2D eigenvalue weighted by molar-refractivity contribution is 14.0. The number of hydrogen-bond donors (Lipinski definition) is 1. The van der Waals surface area contributed by atoms with E-state index in [1.165, 1.54) is 5.56 Å². The van der Waals surface area contributed by atoms with Gasteiger partial charge in [0.2, 0.25) is 0 Å². The van der Waals surface area contributed by atoms with Crippen LogP contribution in [0.15, 0.2) is 53.7 Å². The molecule has 28 heavy (non-hydrogen) atoms. The molecule has 0 bridgehead atoms. The summed E-state index contributed by atoms with van der Waals surface area (Å²) in [6.07, 6.45) is 1.95. The van der Waals surface area contributed by atoms with Crippen molar-refractivity contribution in [1.29, 1.82) is 0 Å². The Morgan fingerprint density at radius 3 is 2.36 bits per heavy atom. The van der Waals surface area contributed by atoms with Crippen LogP contribution in [-0.2, 0) is 13.1 Å². The number of anilines is 1. The lowest BCUT2D eigenvalue weighted by Crippen LogP contribution is -2.44. The molecule has 2 heterocycles. The molecule has 0 saturated carbocycles. The molecule has 1 aromatic carbocycles. The molecule has 0 atom stereocenters. The predicted molar refractivity (Wildman–Crippen MR) is 127 cm³/mol. The molecule has 1 aliphatic rings. The third-order valence-corrected chi connectivity index (χ3v) is 4.76. The standard InChI is InChI=1S/C21H30N6.HI/c1-25(2)21(23-15-18-7-5-4-6-8-18)24-17-19-9-10-20(22-16-19)27-13-11-26(3)12-14-27;/h4-10,16H,11-15,17H2,1-3H3,(H,23,24);1H. The molecular formula is C21H31IN6. The Labute approximate surface area is 185 Å². The first-order valence-electron chi connectivity index (χ1n) is 9.50. The van der Waals surface area contributed by atoms with Gasteiger partial charge in [0.05, 0.1) is 6.54 Å². The van der Waals surface area contributed by atoms with Crippen molar-refractivity contribution in [2.45, 2.75) is 13.1 Å². The van der Waals surface area contributed by atoms with Gasteiger partial charge in [-0.3, -0.25) is 0 Å². The van der Waals surface area contributed by atoms with Gasteiger partial charge in [0.25, 0.3) is 0 Å². The van der Waals surface area contributed by atoms with Crippen LogP contribution in [0.3, 0.4) is 0 Å². The third-order valence-electron chi connectivity index (χ3n) is 4.76. The summed E-state index contributed by atoms with van der Waals surface area (Å²) in [6, 6.07) is 14.6. The highest BCUT2D eigenvalue weighted by atomic mass is 127.